The molecule has 0 radical (unpaired) electrons. The fourth-order valence-corrected chi connectivity index (χ4v) is 2.24. The summed E-state index contributed by atoms with van der Waals surface area (Å²) in [5.74, 6) is 0. The van der Waals surface area contributed by atoms with Crippen LogP contribution >= 0.6 is 0 Å². The molecule has 3 heteroatoms. The Kier molecular flexibility index (Phi) is 14.2. The van der Waals surface area contributed by atoms with Gasteiger partial charge in [-0.15, -0.1) is 0 Å². The second-order valence-electron chi connectivity index (χ2n) is 5.04. The minimum absolute atomic E-state index is 0.0901. The lowest BCUT2D eigenvalue weighted by Gasteiger charge is -2.27. The number of ether oxygens (including phenoxy) is 2. The van der Waals surface area contributed by atoms with E-state index < -0.39 is 0 Å². The Labute approximate surface area is 120 Å². The van der Waals surface area contributed by atoms with Gasteiger partial charge in [-0.3, -0.25) is 0 Å². The molecule has 0 aromatic rings. The van der Waals surface area contributed by atoms with E-state index >= 15 is 0 Å². The molecule has 0 aliphatic rings. The highest BCUT2D eigenvalue weighted by molar-refractivity contribution is 4.71. The largest absolute Gasteiger partial charge is 0.351 e. The lowest BCUT2D eigenvalue weighted by Crippen LogP contribution is -2.43. The molecule has 3 nitrogen and oxygen atoms in total. The maximum atomic E-state index is 5.74. The zero-order valence-corrected chi connectivity index (χ0v) is 13.5. The first-order valence-electron chi connectivity index (χ1n) is 8.26. The highest BCUT2D eigenvalue weighted by Gasteiger charge is 2.21. The maximum Gasteiger partial charge on any atom is 0.172 e. The van der Waals surface area contributed by atoms with E-state index in [9.17, 15) is 0 Å². The normalized spacial score (nSPS) is 13.1. The lowest BCUT2D eigenvalue weighted by molar-refractivity contribution is -0.155. The number of hydrogen-bond donors (Lipinski definition) is 1. The standard InChI is InChI=1S/C16H35NO2/c1-5-9-10-11-12-13-15(17-14-6-2)16(18-7-3)19-8-4/h15-17H,5-14H2,1-4H3. The van der Waals surface area contributed by atoms with Crippen molar-refractivity contribution in [2.45, 2.75) is 85.0 Å². The van der Waals surface area contributed by atoms with Gasteiger partial charge in [0.15, 0.2) is 6.29 Å². The second-order valence-corrected chi connectivity index (χ2v) is 5.04. The smallest absolute Gasteiger partial charge is 0.172 e. The Morgan fingerprint density at radius 1 is 0.789 bits per heavy atom. The molecule has 0 saturated carbocycles. The minimum atomic E-state index is -0.0901. The molecule has 19 heavy (non-hydrogen) atoms. The zero-order chi connectivity index (χ0) is 14.3. The molecule has 116 valence electrons. The van der Waals surface area contributed by atoms with Crippen molar-refractivity contribution in [3.8, 4) is 0 Å². The summed E-state index contributed by atoms with van der Waals surface area (Å²) in [6.45, 7) is 11.0. The molecule has 0 heterocycles. The van der Waals surface area contributed by atoms with Gasteiger partial charge in [-0.25, -0.2) is 0 Å². The monoisotopic (exact) mass is 273 g/mol. The van der Waals surface area contributed by atoms with Crippen molar-refractivity contribution < 1.29 is 9.47 Å². The summed E-state index contributed by atoms with van der Waals surface area (Å²) in [6.07, 6.45) is 8.80. The Hall–Kier alpha value is -0.120. The third-order valence-corrected chi connectivity index (χ3v) is 3.27. The Morgan fingerprint density at radius 2 is 1.42 bits per heavy atom. The van der Waals surface area contributed by atoms with Crippen molar-refractivity contribution in [1.29, 1.82) is 0 Å². The average Bonchev–Trinajstić information content (AvgIpc) is 2.42. The Morgan fingerprint density at radius 3 is 1.95 bits per heavy atom. The average molecular weight is 273 g/mol. The van der Waals surface area contributed by atoms with Gasteiger partial charge in [0.2, 0.25) is 0 Å². The van der Waals surface area contributed by atoms with Crippen LogP contribution in [0.5, 0.6) is 0 Å². The first-order chi connectivity index (χ1) is 9.29. The molecule has 0 fully saturated rings. The van der Waals surface area contributed by atoms with Gasteiger partial charge >= 0.3 is 0 Å². The molecule has 0 spiro atoms. The van der Waals surface area contributed by atoms with E-state index in [1.807, 2.05) is 13.8 Å². The van der Waals surface area contributed by atoms with Crippen LogP contribution in [-0.2, 0) is 9.47 Å². The molecule has 0 aliphatic carbocycles. The van der Waals surface area contributed by atoms with E-state index in [0.29, 0.717) is 19.3 Å². The van der Waals surface area contributed by atoms with Gasteiger partial charge in [0.25, 0.3) is 0 Å². The highest BCUT2D eigenvalue weighted by Crippen LogP contribution is 2.13. The zero-order valence-electron chi connectivity index (χ0n) is 13.5. The van der Waals surface area contributed by atoms with Gasteiger partial charge in [0.05, 0.1) is 6.04 Å². The Balaban J connectivity index is 4.08. The van der Waals surface area contributed by atoms with Crippen LogP contribution < -0.4 is 5.32 Å². The summed E-state index contributed by atoms with van der Waals surface area (Å²) in [7, 11) is 0. The fourth-order valence-electron chi connectivity index (χ4n) is 2.24. The topological polar surface area (TPSA) is 30.5 Å². The molecule has 0 aromatic carbocycles. The molecular weight excluding hydrogens is 238 g/mol. The van der Waals surface area contributed by atoms with Gasteiger partial charge in [0, 0.05) is 13.2 Å². The van der Waals surface area contributed by atoms with E-state index in [0.717, 1.165) is 19.4 Å². The molecule has 1 atom stereocenters. The van der Waals surface area contributed by atoms with Crippen LogP contribution in [0.25, 0.3) is 0 Å². The van der Waals surface area contributed by atoms with Crippen molar-refractivity contribution in [1.82, 2.24) is 5.32 Å². The van der Waals surface area contributed by atoms with Crippen molar-refractivity contribution >= 4 is 0 Å². The summed E-state index contributed by atoms with van der Waals surface area (Å²) in [5, 5.41) is 3.58. The summed E-state index contributed by atoms with van der Waals surface area (Å²) in [6, 6.07) is 0.335. The molecule has 0 aromatic heterocycles. The van der Waals surface area contributed by atoms with E-state index in [4.69, 9.17) is 9.47 Å². The van der Waals surface area contributed by atoms with E-state index in [-0.39, 0.29) is 6.29 Å². The van der Waals surface area contributed by atoms with Crippen molar-refractivity contribution in [2.75, 3.05) is 19.8 Å². The van der Waals surface area contributed by atoms with E-state index in [2.05, 4.69) is 19.2 Å². The molecule has 0 saturated heterocycles. The summed E-state index contributed by atoms with van der Waals surface area (Å²) in [5.41, 5.74) is 0. The quantitative estimate of drug-likeness (QED) is 0.381. The Bertz CT molecular complexity index is 170. The van der Waals surface area contributed by atoms with E-state index in [1.165, 1.54) is 32.1 Å². The first kappa shape index (κ1) is 18.9. The molecule has 0 rings (SSSR count). The van der Waals surface area contributed by atoms with Gasteiger partial charge < -0.3 is 14.8 Å². The van der Waals surface area contributed by atoms with Gasteiger partial charge in [-0.05, 0) is 33.2 Å². The molecule has 1 N–H and O–H groups in total. The van der Waals surface area contributed by atoms with Crippen LogP contribution in [0.2, 0.25) is 0 Å². The number of unbranched alkanes of at least 4 members (excludes halogenated alkanes) is 4. The maximum absolute atomic E-state index is 5.74. The highest BCUT2D eigenvalue weighted by atomic mass is 16.7. The minimum Gasteiger partial charge on any atom is -0.351 e. The van der Waals surface area contributed by atoms with Crippen LogP contribution in [0.15, 0.2) is 0 Å². The summed E-state index contributed by atoms with van der Waals surface area (Å²) >= 11 is 0. The van der Waals surface area contributed by atoms with Crippen molar-refractivity contribution in [2.24, 2.45) is 0 Å². The van der Waals surface area contributed by atoms with Gasteiger partial charge in [0.1, 0.15) is 0 Å². The van der Waals surface area contributed by atoms with Crippen LogP contribution in [0.4, 0.5) is 0 Å². The predicted molar refractivity (Wildman–Crippen MR) is 82.5 cm³/mol. The van der Waals surface area contributed by atoms with E-state index in [1.54, 1.807) is 0 Å². The summed E-state index contributed by atoms with van der Waals surface area (Å²) in [4.78, 5) is 0. The number of rotatable bonds is 14. The molecule has 0 bridgehead atoms. The lowest BCUT2D eigenvalue weighted by atomic mass is 10.1. The SMILES string of the molecule is CCCCCCCC(NCCC)C(OCC)OCC. The number of nitrogens with one attached hydrogen (secondary N) is 1. The van der Waals surface area contributed by atoms with Gasteiger partial charge in [-0.2, -0.15) is 0 Å². The van der Waals surface area contributed by atoms with Gasteiger partial charge in [-0.1, -0.05) is 46.0 Å². The molecular formula is C16H35NO2. The molecule has 0 aliphatic heterocycles. The predicted octanol–water partition coefficient (Wildman–Crippen LogP) is 4.11. The third kappa shape index (κ3) is 10.3. The van der Waals surface area contributed by atoms with Crippen LogP contribution in [-0.4, -0.2) is 32.1 Å². The number of hydrogen-bond acceptors (Lipinski definition) is 3. The summed E-state index contributed by atoms with van der Waals surface area (Å²) < 4.78 is 11.5. The fraction of sp³-hybridized carbons (Fsp3) is 1.00. The molecule has 0 amide bonds. The van der Waals surface area contributed by atoms with Crippen molar-refractivity contribution in [3.63, 3.8) is 0 Å². The van der Waals surface area contributed by atoms with Crippen LogP contribution in [0.3, 0.4) is 0 Å². The third-order valence-electron chi connectivity index (χ3n) is 3.27. The van der Waals surface area contributed by atoms with Crippen LogP contribution in [0.1, 0.15) is 72.6 Å². The van der Waals surface area contributed by atoms with Crippen molar-refractivity contribution in [3.05, 3.63) is 0 Å². The van der Waals surface area contributed by atoms with Crippen LogP contribution in [0, 0.1) is 0 Å². The first-order valence-corrected chi connectivity index (χ1v) is 8.26. The molecule has 1 unspecified atom stereocenters. The second kappa shape index (κ2) is 14.3.